The van der Waals surface area contributed by atoms with Crippen molar-refractivity contribution in [3.63, 3.8) is 0 Å². The molecule has 2 heterocycles. The molecule has 0 spiro atoms. The number of rotatable bonds is 1. The molecule has 1 aromatic rings. The number of benzene rings is 1. The standard InChI is InChI=1S/C15H19N3O2.ClH/c16-10-5-7-18(8-6-10)15(20)12-9-14(19)17-13-4-2-1-3-11(12)13;/h1-4,10,12H,5-9,16H2,(H,17,19);1H. The monoisotopic (exact) mass is 309 g/mol. The van der Waals surface area contributed by atoms with Gasteiger partial charge in [0.15, 0.2) is 0 Å². The number of hydrogen-bond acceptors (Lipinski definition) is 3. The molecule has 2 aliphatic rings. The van der Waals surface area contributed by atoms with E-state index in [4.69, 9.17) is 5.73 Å². The first-order chi connectivity index (χ1) is 9.65. The third kappa shape index (κ3) is 3.19. The largest absolute Gasteiger partial charge is 0.342 e. The highest BCUT2D eigenvalue weighted by Crippen LogP contribution is 2.33. The summed E-state index contributed by atoms with van der Waals surface area (Å²) in [6.45, 7) is 1.39. The fraction of sp³-hybridized carbons (Fsp3) is 0.467. The van der Waals surface area contributed by atoms with E-state index >= 15 is 0 Å². The molecule has 0 radical (unpaired) electrons. The highest BCUT2D eigenvalue weighted by Gasteiger charge is 2.34. The van der Waals surface area contributed by atoms with Crippen molar-refractivity contribution in [1.82, 2.24) is 4.90 Å². The average molecular weight is 310 g/mol. The number of nitrogens with one attached hydrogen (secondary N) is 1. The van der Waals surface area contributed by atoms with Crippen molar-refractivity contribution in [3.8, 4) is 0 Å². The number of carbonyl (C=O) groups is 2. The molecule has 114 valence electrons. The van der Waals surface area contributed by atoms with Crippen LogP contribution in [0.5, 0.6) is 0 Å². The number of nitrogens with two attached hydrogens (primary N) is 1. The van der Waals surface area contributed by atoms with Crippen molar-refractivity contribution in [1.29, 1.82) is 0 Å². The molecule has 5 nitrogen and oxygen atoms in total. The van der Waals surface area contributed by atoms with Gasteiger partial charge in [-0.05, 0) is 24.5 Å². The Hall–Kier alpha value is -1.59. The van der Waals surface area contributed by atoms with Crippen LogP contribution in [0.15, 0.2) is 24.3 Å². The van der Waals surface area contributed by atoms with Gasteiger partial charge in [-0.15, -0.1) is 12.4 Å². The predicted octanol–water partition coefficient (Wildman–Crippen LogP) is 1.48. The Morgan fingerprint density at radius 3 is 2.62 bits per heavy atom. The van der Waals surface area contributed by atoms with Gasteiger partial charge in [-0.3, -0.25) is 9.59 Å². The molecule has 1 atom stereocenters. The number of carbonyl (C=O) groups excluding carboxylic acids is 2. The van der Waals surface area contributed by atoms with Crippen LogP contribution in [0.2, 0.25) is 0 Å². The number of halogens is 1. The van der Waals surface area contributed by atoms with E-state index in [1.807, 2.05) is 29.2 Å². The molecule has 21 heavy (non-hydrogen) atoms. The summed E-state index contributed by atoms with van der Waals surface area (Å²) in [5, 5.41) is 2.83. The fourth-order valence-corrected chi connectivity index (χ4v) is 2.97. The molecular weight excluding hydrogens is 290 g/mol. The van der Waals surface area contributed by atoms with E-state index in [2.05, 4.69) is 5.32 Å². The Morgan fingerprint density at radius 1 is 1.24 bits per heavy atom. The van der Waals surface area contributed by atoms with E-state index in [9.17, 15) is 9.59 Å². The van der Waals surface area contributed by atoms with Crippen molar-refractivity contribution in [3.05, 3.63) is 29.8 Å². The molecule has 0 saturated carbocycles. The lowest BCUT2D eigenvalue weighted by Gasteiger charge is -2.34. The van der Waals surface area contributed by atoms with Crippen LogP contribution in [0, 0.1) is 0 Å². The van der Waals surface area contributed by atoms with Crippen molar-refractivity contribution in [2.75, 3.05) is 18.4 Å². The zero-order valence-electron chi connectivity index (χ0n) is 11.7. The van der Waals surface area contributed by atoms with Crippen LogP contribution in [0.25, 0.3) is 0 Å². The molecule has 1 unspecified atom stereocenters. The van der Waals surface area contributed by atoms with Gasteiger partial charge in [0.25, 0.3) is 0 Å². The van der Waals surface area contributed by atoms with Gasteiger partial charge in [0, 0.05) is 31.2 Å². The Bertz CT molecular complexity index is 541. The summed E-state index contributed by atoms with van der Waals surface area (Å²) in [6.07, 6.45) is 1.91. The van der Waals surface area contributed by atoms with Gasteiger partial charge in [-0.2, -0.15) is 0 Å². The molecule has 1 aromatic carbocycles. The highest BCUT2D eigenvalue weighted by molar-refractivity contribution is 6.01. The average Bonchev–Trinajstić information content (AvgIpc) is 2.46. The topological polar surface area (TPSA) is 75.4 Å². The second kappa shape index (κ2) is 6.45. The zero-order valence-corrected chi connectivity index (χ0v) is 12.6. The predicted molar refractivity (Wildman–Crippen MR) is 83.5 cm³/mol. The molecule has 6 heteroatoms. The van der Waals surface area contributed by atoms with Crippen molar-refractivity contribution >= 4 is 29.9 Å². The van der Waals surface area contributed by atoms with Crippen LogP contribution in [0.4, 0.5) is 5.69 Å². The van der Waals surface area contributed by atoms with Crippen LogP contribution < -0.4 is 11.1 Å². The molecule has 2 aliphatic heterocycles. The van der Waals surface area contributed by atoms with Gasteiger partial charge in [0.2, 0.25) is 11.8 Å². The van der Waals surface area contributed by atoms with E-state index in [-0.39, 0.29) is 42.6 Å². The second-order valence-corrected chi connectivity index (χ2v) is 5.55. The van der Waals surface area contributed by atoms with E-state index in [0.29, 0.717) is 13.1 Å². The minimum Gasteiger partial charge on any atom is -0.342 e. The number of amides is 2. The maximum Gasteiger partial charge on any atom is 0.230 e. The van der Waals surface area contributed by atoms with Gasteiger partial charge in [-0.1, -0.05) is 18.2 Å². The number of fused-ring (bicyclic) bond motifs is 1. The van der Waals surface area contributed by atoms with Gasteiger partial charge in [0.05, 0.1) is 5.92 Å². The molecule has 3 rings (SSSR count). The summed E-state index contributed by atoms with van der Waals surface area (Å²) in [6, 6.07) is 7.74. The smallest absolute Gasteiger partial charge is 0.230 e. The lowest BCUT2D eigenvalue weighted by atomic mass is 9.88. The second-order valence-electron chi connectivity index (χ2n) is 5.55. The summed E-state index contributed by atoms with van der Waals surface area (Å²) < 4.78 is 0. The van der Waals surface area contributed by atoms with Gasteiger partial charge in [-0.25, -0.2) is 0 Å². The first kappa shape index (κ1) is 15.8. The first-order valence-corrected chi connectivity index (χ1v) is 7.08. The van der Waals surface area contributed by atoms with E-state index in [1.54, 1.807) is 0 Å². The van der Waals surface area contributed by atoms with E-state index in [0.717, 1.165) is 24.1 Å². The molecule has 0 bridgehead atoms. The zero-order chi connectivity index (χ0) is 14.1. The maximum atomic E-state index is 12.7. The van der Waals surface area contributed by atoms with Crippen LogP contribution in [0.3, 0.4) is 0 Å². The molecule has 1 saturated heterocycles. The summed E-state index contributed by atoms with van der Waals surface area (Å²) in [7, 11) is 0. The quantitative estimate of drug-likeness (QED) is 0.825. The number of likely N-dealkylation sites (tertiary alicyclic amines) is 1. The molecule has 3 N–H and O–H groups in total. The third-order valence-electron chi connectivity index (χ3n) is 4.15. The number of para-hydroxylation sites is 1. The van der Waals surface area contributed by atoms with Crippen molar-refractivity contribution in [2.45, 2.75) is 31.2 Å². The Balaban J connectivity index is 0.00000161. The Kier molecular flexibility index (Phi) is 4.85. The fourth-order valence-electron chi connectivity index (χ4n) is 2.97. The molecule has 1 fully saturated rings. The maximum absolute atomic E-state index is 12.7. The number of piperidine rings is 1. The lowest BCUT2D eigenvalue weighted by Crippen LogP contribution is -2.45. The summed E-state index contributed by atoms with van der Waals surface area (Å²) >= 11 is 0. The van der Waals surface area contributed by atoms with Crippen LogP contribution in [0.1, 0.15) is 30.7 Å². The highest BCUT2D eigenvalue weighted by atomic mass is 35.5. The Morgan fingerprint density at radius 2 is 1.90 bits per heavy atom. The van der Waals surface area contributed by atoms with Gasteiger partial charge in [0.1, 0.15) is 0 Å². The van der Waals surface area contributed by atoms with Gasteiger partial charge >= 0.3 is 0 Å². The van der Waals surface area contributed by atoms with E-state index in [1.165, 1.54) is 0 Å². The minimum atomic E-state index is -0.353. The summed E-state index contributed by atoms with van der Waals surface area (Å²) in [5.41, 5.74) is 7.56. The van der Waals surface area contributed by atoms with Crippen molar-refractivity contribution < 1.29 is 9.59 Å². The first-order valence-electron chi connectivity index (χ1n) is 7.08. The van der Waals surface area contributed by atoms with Crippen LogP contribution in [-0.2, 0) is 9.59 Å². The molecule has 0 aliphatic carbocycles. The SMILES string of the molecule is Cl.NC1CCN(C(=O)C2CC(=O)Nc3ccccc32)CC1. The molecular formula is C15H20ClN3O2. The third-order valence-corrected chi connectivity index (χ3v) is 4.15. The lowest BCUT2D eigenvalue weighted by molar-refractivity contribution is -0.135. The van der Waals surface area contributed by atoms with Crippen LogP contribution in [-0.4, -0.2) is 35.8 Å². The normalized spacial score (nSPS) is 22.0. The van der Waals surface area contributed by atoms with E-state index < -0.39 is 0 Å². The summed E-state index contributed by atoms with van der Waals surface area (Å²) in [5.74, 6) is -0.385. The van der Waals surface area contributed by atoms with Crippen molar-refractivity contribution in [2.24, 2.45) is 5.73 Å². The molecule has 0 aromatic heterocycles. The number of hydrogen-bond donors (Lipinski definition) is 2. The van der Waals surface area contributed by atoms with Crippen LogP contribution >= 0.6 is 12.4 Å². The summed E-state index contributed by atoms with van der Waals surface area (Å²) in [4.78, 5) is 26.3. The molecule has 2 amide bonds. The van der Waals surface area contributed by atoms with Gasteiger partial charge < -0.3 is 16.0 Å². The number of anilines is 1. The number of nitrogens with zero attached hydrogens (tertiary/aromatic N) is 1. The Labute approximate surface area is 130 Å². The minimum absolute atomic E-state index is 0.